The number of hydrogen-bond donors (Lipinski definition) is 0. The van der Waals surface area contributed by atoms with Gasteiger partial charge in [-0.15, -0.1) is 0 Å². The smallest absolute Gasteiger partial charge is 0.200 e. The summed E-state index contributed by atoms with van der Waals surface area (Å²) in [6.45, 7) is 1.34. The van der Waals surface area contributed by atoms with Gasteiger partial charge in [0, 0.05) is 5.56 Å². The molecular weight excluding hydrogens is 268 g/mol. The van der Waals surface area contributed by atoms with Crippen LogP contribution in [0.4, 0.5) is 0 Å². The second kappa shape index (κ2) is 6.70. The highest BCUT2D eigenvalue weighted by Crippen LogP contribution is 2.19. The van der Waals surface area contributed by atoms with E-state index in [1.54, 1.807) is 55.6 Å². The van der Waals surface area contributed by atoms with Gasteiger partial charge in [-0.2, -0.15) is 0 Å². The third-order valence-corrected chi connectivity index (χ3v) is 3.02. The van der Waals surface area contributed by atoms with Crippen LogP contribution in [-0.2, 0) is 0 Å². The second-order valence-electron chi connectivity index (χ2n) is 4.50. The predicted molar refractivity (Wildman–Crippen MR) is 79.3 cm³/mol. The third-order valence-electron chi connectivity index (χ3n) is 3.02. The van der Waals surface area contributed by atoms with Crippen LogP contribution in [0.3, 0.4) is 0 Å². The Bertz CT molecular complexity index is 661. The molecule has 2 rings (SSSR count). The maximum Gasteiger partial charge on any atom is 0.200 e. The summed E-state index contributed by atoms with van der Waals surface area (Å²) in [5.74, 6) is 0.762. The van der Waals surface area contributed by atoms with Crippen molar-refractivity contribution in [3.63, 3.8) is 0 Å². The van der Waals surface area contributed by atoms with E-state index in [4.69, 9.17) is 9.47 Å². The van der Waals surface area contributed by atoms with Crippen molar-refractivity contribution in [2.75, 3.05) is 13.7 Å². The number of benzene rings is 2. The van der Waals surface area contributed by atoms with Gasteiger partial charge < -0.3 is 9.47 Å². The van der Waals surface area contributed by atoms with Crippen LogP contribution >= 0.6 is 0 Å². The molecule has 0 aliphatic heterocycles. The number of carbonyl (C=O) groups excluding carboxylic acids is 2. The number of hydrogen-bond acceptors (Lipinski definition) is 4. The molecule has 0 heterocycles. The van der Waals surface area contributed by atoms with E-state index in [1.165, 1.54) is 6.92 Å². The Kier molecular flexibility index (Phi) is 4.72. The van der Waals surface area contributed by atoms with Crippen LogP contribution in [0.15, 0.2) is 48.5 Å². The Morgan fingerprint density at radius 3 is 2.52 bits per heavy atom. The monoisotopic (exact) mass is 284 g/mol. The minimum atomic E-state index is -0.174. The quantitative estimate of drug-likeness (QED) is 0.765. The Morgan fingerprint density at radius 2 is 1.81 bits per heavy atom. The average Bonchev–Trinajstić information content (AvgIpc) is 2.52. The van der Waals surface area contributed by atoms with Crippen LogP contribution < -0.4 is 9.47 Å². The van der Waals surface area contributed by atoms with Crippen LogP contribution in [0.25, 0.3) is 0 Å². The molecule has 2 aromatic rings. The number of carbonyl (C=O) groups is 2. The fourth-order valence-electron chi connectivity index (χ4n) is 1.91. The van der Waals surface area contributed by atoms with Crippen molar-refractivity contribution in [3.8, 4) is 11.5 Å². The van der Waals surface area contributed by atoms with Crippen molar-refractivity contribution < 1.29 is 19.1 Å². The molecule has 21 heavy (non-hydrogen) atoms. The third kappa shape index (κ3) is 3.69. The van der Waals surface area contributed by atoms with Gasteiger partial charge in [-0.1, -0.05) is 24.3 Å². The Morgan fingerprint density at radius 1 is 1.05 bits per heavy atom. The molecular formula is C17H16O4. The van der Waals surface area contributed by atoms with Crippen LogP contribution in [0.2, 0.25) is 0 Å². The largest absolute Gasteiger partial charge is 0.497 e. The van der Waals surface area contributed by atoms with Gasteiger partial charge in [0.15, 0.2) is 18.2 Å². The molecule has 0 atom stereocenters. The summed E-state index contributed by atoms with van der Waals surface area (Å²) in [5.41, 5.74) is 0.977. The minimum Gasteiger partial charge on any atom is -0.497 e. The zero-order chi connectivity index (χ0) is 15.2. The second-order valence-corrected chi connectivity index (χ2v) is 4.50. The average molecular weight is 284 g/mol. The fraction of sp³-hybridized carbons (Fsp3) is 0.176. The van der Waals surface area contributed by atoms with E-state index in [1.807, 2.05) is 0 Å². The molecule has 0 aliphatic carbocycles. The first-order chi connectivity index (χ1) is 10.1. The van der Waals surface area contributed by atoms with Crippen LogP contribution in [0.1, 0.15) is 27.6 Å². The predicted octanol–water partition coefficient (Wildman–Crippen LogP) is 3.16. The molecule has 0 aromatic heterocycles. The first-order valence-corrected chi connectivity index (χ1v) is 6.52. The molecule has 4 nitrogen and oxygen atoms in total. The van der Waals surface area contributed by atoms with E-state index in [9.17, 15) is 9.59 Å². The summed E-state index contributed by atoms with van der Waals surface area (Å²) in [4.78, 5) is 23.6. The van der Waals surface area contributed by atoms with E-state index in [0.717, 1.165) is 0 Å². The van der Waals surface area contributed by atoms with Gasteiger partial charge in [0.2, 0.25) is 0 Å². The van der Waals surface area contributed by atoms with Crippen LogP contribution in [0.5, 0.6) is 11.5 Å². The summed E-state index contributed by atoms with van der Waals surface area (Å²) in [6.07, 6.45) is 0. The maximum atomic E-state index is 12.1. The minimum absolute atomic E-state index is 0.0978. The van der Waals surface area contributed by atoms with E-state index < -0.39 is 0 Å². The van der Waals surface area contributed by atoms with Gasteiger partial charge in [-0.05, 0) is 31.2 Å². The highest BCUT2D eigenvalue weighted by atomic mass is 16.5. The van der Waals surface area contributed by atoms with E-state index in [-0.39, 0.29) is 18.2 Å². The highest BCUT2D eigenvalue weighted by Gasteiger charge is 2.11. The molecule has 0 saturated carbocycles. The standard InChI is InChI=1S/C17H16O4/c1-12(18)15-8-3-4-9-17(15)21-11-16(19)13-6-5-7-14(10-13)20-2/h3-10H,11H2,1-2H3. The molecule has 0 N–H and O–H groups in total. The molecule has 0 saturated heterocycles. The molecule has 0 amide bonds. The topological polar surface area (TPSA) is 52.6 Å². The number of rotatable bonds is 6. The molecule has 4 heteroatoms. The van der Waals surface area contributed by atoms with Gasteiger partial charge in [0.05, 0.1) is 12.7 Å². The number of ether oxygens (including phenoxy) is 2. The molecule has 108 valence electrons. The summed E-state index contributed by atoms with van der Waals surface area (Å²) >= 11 is 0. The van der Waals surface area contributed by atoms with Crippen LogP contribution in [0, 0.1) is 0 Å². The van der Waals surface area contributed by atoms with E-state index >= 15 is 0 Å². The number of para-hydroxylation sites is 1. The Balaban J connectivity index is 2.09. The van der Waals surface area contributed by atoms with Gasteiger partial charge in [-0.3, -0.25) is 9.59 Å². The zero-order valence-electron chi connectivity index (χ0n) is 12.0. The lowest BCUT2D eigenvalue weighted by atomic mass is 10.1. The highest BCUT2D eigenvalue weighted by molar-refractivity contribution is 5.98. The first kappa shape index (κ1) is 14.8. The molecule has 0 unspecified atom stereocenters. The van der Waals surface area contributed by atoms with Crippen molar-refractivity contribution in [2.24, 2.45) is 0 Å². The molecule has 0 radical (unpaired) electrons. The molecule has 0 fully saturated rings. The Hall–Kier alpha value is -2.62. The number of Topliss-reactive ketones (excluding diaryl/α,β-unsaturated/α-hetero) is 2. The number of methoxy groups -OCH3 is 1. The summed E-state index contributed by atoms with van der Waals surface area (Å²) in [6, 6.07) is 13.7. The lowest BCUT2D eigenvalue weighted by Gasteiger charge is -2.09. The van der Waals surface area contributed by atoms with Gasteiger partial charge in [-0.25, -0.2) is 0 Å². The lowest BCUT2D eigenvalue weighted by molar-refractivity contribution is 0.0913. The molecule has 0 spiro atoms. The molecule has 0 bridgehead atoms. The van der Waals surface area contributed by atoms with Crippen molar-refractivity contribution in [2.45, 2.75) is 6.92 Å². The van der Waals surface area contributed by atoms with E-state index in [2.05, 4.69) is 0 Å². The van der Waals surface area contributed by atoms with Crippen molar-refractivity contribution >= 4 is 11.6 Å². The zero-order valence-corrected chi connectivity index (χ0v) is 12.0. The van der Waals surface area contributed by atoms with Crippen molar-refractivity contribution in [1.29, 1.82) is 0 Å². The van der Waals surface area contributed by atoms with Gasteiger partial charge in [0.1, 0.15) is 11.5 Å². The molecule has 0 aliphatic rings. The summed E-state index contributed by atoms with van der Waals surface area (Å²) in [7, 11) is 1.54. The Labute approximate surface area is 123 Å². The fourth-order valence-corrected chi connectivity index (χ4v) is 1.91. The van der Waals surface area contributed by atoms with Gasteiger partial charge >= 0.3 is 0 Å². The lowest BCUT2D eigenvalue weighted by Crippen LogP contribution is -2.13. The summed E-state index contributed by atoms with van der Waals surface area (Å²) < 4.78 is 10.6. The van der Waals surface area contributed by atoms with Crippen LogP contribution in [-0.4, -0.2) is 25.3 Å². The summed E-state index contributed by atoms with van der Waals surface area (Å²) in [5, 5.41) is 0. The van der Waals surface area contributed by atoms with E-state index in [0.29, 0.717) is 22.6 Å². The number of ketones is 2. The molecule has 2 aromatic carbocycles. The van der Waals surface area contributed by atoms with Crippen molar-refractivity contribution in [3.05, 3.63) is 59.7 Å². The normalized spacial score (nSPS) is 10.0. The maximum absolute atomic E-state index is 12.1. The first-order valence-electron chi connectivity index (χ1n) is 6.52. The van der Waals surface area contributed by atoms with Crippen molar-refractivity contribution in [1.82, 2.24) is 0 Å². The van der Waals surface area contributed by atoms with Gasteiger partial charge in [0.25, 0.3) is 0 Å². The SMILES string of the molecule is COc1cccc(C(=O)COc2ccccc2C(C)=O)c1.